The van der Waals surface area contributed by atoms with Crippen molar-refractivity contribution in [3.63, 3.8) is 0 Å². The highest BCUT2D eigenvalue weighted by atomic mass is 16.5. The maximum atomic E-state index is 12.6. The minimum atomic E-state index is -0.968. The summed E-state index contributed by atoms with van der Waals surface area (Å²) in [5.41, 5.74) is 2.57. The molecule has 6 heteroatoms. The molecular formula is C24H23N3O3. The standard InChI is InChI=1S/C24H23N3O3/c28-22(14-11-19-15-25-27(17-19)16-18-7-3-1-4-8-18)30-23(20-9-5-2-6-10-20)24(29)26-21-12-13-21/h1-11,14-15,17,21,23H,12-13,16H2,(H,26,29)/b14-11+/t23-/m0/s1. The number of amides is 1. The van der Waals surface area contributed by atoms with Crippen LogP contribution in [0.1, 0.15) is 35.6 Å². The molecule has 1 aliphatic rings. The molecule has 3 aromatic rings. The molecule has 1 aromatic heterocycles. The van der Waals surface area contributed by atoms with Crippen LogP contribution in [0.4, 0.5) is 0 Å². The number of nitrogens with one attached hydrogen (secondary N) is 1. The van der Waals surface area contributed by atoms with Crippen LogP contribution in [-0.4, -0.2) is 27.7 Å². The number of esters is 1. The molecule has 0 spiro atoms. The molecule has 0 aliphatic heterocycles. The molecule has 0 radical (unpaired) electrons. The van der Waals surface area contributed by atoms with Gasteiger partial charge in [-0.1, -0.05) is 60.7 Å². The number of carbonyl (C=O) groups is 2. The van der Waals surface area contributed by atoms with E-state index in [0.717, 1.165) is 24.0 Å². The third kappa shape index (κ3) is 5.44. The van der Waals surface area contributed by atoms with Crippen LogP contribution in [-0.2, 0) is 20.9 Å². The SMILES string of the molecule is O=C(/C=C/c1cnn(Cc2ccccc2)c1)O[C@H](C(=O)NC1CC1)c1ccccc1. The molecule has 1 heterocycles. The Morgan fingerprint density at radius 3 is 2.50 bits per heavy atom. The number of hydrogen-bond acceptors (Lipinski definition) is 4. The monoisotopic (exact) mass is 401 g/mol. The Labute approximate surface area is 175 Å². The van der Waals surface area contributed by atoms with Gasteiger partial charge in [-0.25, -0.2) is 4.79 Å². The zero-order chi connectivity index (χ0) is 20.8. The summed E-state index contributed by atoms with van der Waals surface area (Å²) in [5, 5.41) is 7.22. The molecule has 30 heavy (non-hydrogen) atoms. The number of rotatable bonds is 8. The van der Waals surface area contributed by atoms with Crippen LogP contribution in [0.15, 0.2) is 79.1 Å². The lowest BCUT2D eigenvalue weighted by Gasteiger charge is -2.17. The largest absolute Gasteiger partial charge is 0.444 e. The molecular weight excluding hydrogens is 378 g/mol. The Balaban J connectivity index is 1.39. The highest BCUT2D eigenvalue weighted by Crippen LogP contribution is 2.23. The first-order chi connectivity index (χ1) is 14.7. The maximum Gasteiger partial charge on any atom is 0.331 e. The summed E-state index contributed by atoms with van der Waals surface area (Å²) >= 11 is 0. The third-order valence-corrected chi connectivity index (χ3v) is 4.75. The predicted octanol–water partition coefficient (Wildman–Crippen LogP) is 3.51. The minimum absolute atomic E-state index is 0.188. The lowest BCUT2D eigenvalue weighted by molar-refractivity contribution is -0.151. The van der Waals surface area contributed by atoms with E-state index in [1.54, 1.807) is 29.1 Å². The average Bonchev–Trinajstić information content (AvgIpc) is 3.47. The van der Waals surface area contributed by atoms with E-state index in [4.69, 9.17) is 4.74 Å². The highest BCUT2D eigenvalue weighted by molar-refractivity contribution is 5.91. The van der Waals surface area contributed by atoms with Gasteiger partial charge in [0.15, 0.2) is 0 Å². The Bertz CT molecular complexity index is 1020. The van der Waals surface area contributed by atoms with Crippen LogP contribution >= 0.6 is 0 Å². The Morgan fingerprint density at radius 1 is 1.10 bits per heavy atom. The van der Waals surface area contributed by atoms with E-state index in [1.807, 2.05) is 54.7 Å². The zero-order valence-electron chi connectivity index (χ0n) is 16.5. The Kier molecular flexibility index (Phi) is 6.03. The molecule has 6 nitrogen and oxygen atoms in total. The Morgan fingerprint density at radius 2 is 1.80 bits per heavy atom. The number of nitrogens with zero attached hydrogens (tertiary/aromatic N) is 2. The van der Waals surface area contributed by atoms with Gasteiger partial charge >= 0.3 is 5.97 Å². The first kappa shape index (κ1) is 19.6. The van der Waals surface area contributed by atoms with Crippen LogP contribution in [0.3, 0.4) is 0 Å². The molecule has 1 aliphatic carbocycles. The number of hydrogen-bond donors (Lipinski definition) is 1. The van der Waals surface area contributed by atoms with Crippen LogP contribution in [0, 0.1) is 0 Å². The van der Waals surface area contributed by atoms with Crippen molar-refractivity contribution in [1.82, 2.24) is 15.1 Å². The van der Waals surface area contributed by atoms with Crippen LogP contribution in [0.5, 0.6) is 0 Å². The second kappa shape index (κ2) is 9.22. The third-order valence-electron chi connectivity index (χ3n) is 4.75. The second-order valence-electron chi connectivity index (χ2n) is 7.30. The van der Waals surface area contributed by atoms with Gasteiger partial charge in [0.1, 0.15) is 0 Å². The fourth-order valence-electron chi connectivity index (χ4n) is 3.05. The molecule has 1 saturated carbocycles. The molecule has 1 amide bonds. The molecule has 1 N–H and O–H groups in total. The molecule has 0 saturated heterocycles. The smallest absolute Gasteiger partial charge is 0.331 e. The molecule has 0 unspecified atom stereocenters. The summed E-state index contributed by atoms with van der Waals surface area (Å²) < 4.78 is 7.29. The molecule has 4 rings (SSSR count). The van der Waals surface area contributed by atoms with Crippen molar-refractivity contribution in [3.05, 3.63) is 95.8 Å². The van der Waals surface area contributed by atoms with Gasteiger partial charge in [0.2, 0.25) is 6.10 Å². The number of ether oxygens (including phenoxy) is 1. The summed E-state index contributed by atoms with van der Waals surface area (Å²) in [5.74, 6) is -0.869. The van der Waals surface area contributed by atoms with Crippen molar-refractivity contribution in [3.8, 4) is 0 Å². The Hall–Kier alpha value is -3.67. The first-order valence-corrected chi connectivity index (χ1v) is 9.98. The van der Waals surface area contributed by atoms with Crippen LogP contribution in [0.25, 0.3) is 6.08 Å². The van der Waals surface area contributed by atoms with E-state index < -0.39 is 12.1 Å². The van der Waals surface area contributed by atoms with Gasteiger partial charge in [-0.2, -0.15) is 5.10 Å². The lowest BCUT2D eigenvalue weighted by atomic mass is 10.1. The summed E-state index contributed by atoms with van der Waals surface area (Å²) in [6.07, 6.45) is 7.46. The van der Waals surface area contributed by atoms with E-state index >= 15 is 0 Å². The predicted molar refractivity (Wildman–Crippen MR) is 113 cm³/mol. The van der Waals surface area contributed by atoms with E-state index in [1.165, 1.54) is 6.08 Å². The normalized spacial score (nSPS) is 14.4. The van der Waals surface area contributed by atoms with Crippen molar-refractivity contribution in [1.29, 1.82) is 0 Å². The highest BCUT2D eigenvalue weighted by Gasteiger charge is 2.30. The van der Waals surface area contributed by atoms with E-state index in [9.17, 15) is 9.59 Å². The fraction of sp³-hybridized carbons (Fsp3) is 0.208. The molecule has 1 atom stereocenters. The molecule has 1 fully saturated rings. The molecule has 152 valence electrons. The molecule has 0 bridgehead atoms. The van der Waals surface area contributed by atoms with E-state index in [0.29, 0.717) is 12.1 Å². The topological polar surface area (TPSA) is 73.2 Å². The van der Waals surface area contributed by atoms with E-state index in [-0.39, 0.29) is 11.9 Å². The summed E-state index contributed by atoms with van der Waals surface area (Å²) in [6, 6.07) is 19.2. The van der Waals surface area contributed by atoms with Gasteiger partial charge in [-0.15, -0.1) is 0 Å². The second-order valence-corrected chi connectivity index (χ2v) is 7.30. The van der Waals surface area contributed by atoms with Crippen molar-refractivity contribution >= 4 is 18.0 Å². The van der Waals surface area contributed by atoms with Gasteiger partial charge in [0.05, 0.1) is 12.7 Å². The lowest BCUT2D eigenvalue weighted by Crippen LogP contribution is -2.33. The van der Waals surface area contributed by atoms with Gasteiger partial charge < -0.3 is 10.1 Å². The maximum absolute atomic E-state index is 12.6. The van der Waals surface area contributed by atoms with Gasteiger partial charge in [0, 0.05) is 29.4 Å². The average molecular weight is 401 g/mol. The minimum Gasteiger partial charge on any atom is -0.444 e. The zero-order valence-corrected chi connectivity index (χ0v) is 16.5. The van der Waals surface area contributed by atoms with Crippen LogP contribution in [0.2, 0.25) is 0 Å². The number of benzene rings is 2. The number of carbonyl (C=O) groups excluding carboxylic acids is 2. The van der Waals surface area contributed by atoms with Crippen molar-refractivity contribution in [2.24, 2.45) is 0 Å². The summed E-state index contributed by atoms with van der Waals surface area (Å²) in [7, 11) is 0. The van der Waals surface area contributed by atoms with Crippen molar-refractivity contribution in [2.45, 2.75) is 31.5 Å². The summed E-state index contributed by atoms with van der Waals surface area (Å²) in [6.45, 7) is 0.649. The van der Waals surface area contributed by atoms with Crippen molar-refractivity contribution in [2.75, 3.05) is 0 Å². The fourth-order valence-corrected chi connectivity index (χ4v) is 3.05. The first-order valence-electron chi connectivity index (χ1n) is 9.98. The van der Waals surface area contributed by atoms with Crippen molar-refractivity contribution < 1.29 is 14.3 Å². The quantitative estimate of drug-likeness (QED) is 0.463. The molecule has 2 aromatic carbocycles. The van der Waals surface area contributed by atoms with E-state index in [2.05, 4.69) is 10.4 Å². The number of aromatic nitrogens is 2. The van der Waals surface area contributed by atoms with Gasteiger partial charge in [0.25, 0.3) is 5.91 Å². The van der Waals surface area contributed by atoms with Gasteiger partial charge in [-0.3, -0.25) is 9.48 Å². The van der Waals surface area contributed by atoms with Crippen LogP contribution < -0.4 is 5.32 Å². The van der Waals surface area contributed by atoms with Gasteiger partial charge in [-0.05, 0) is 24.5 Å². The summed E-state index contributed by atoms with van der Waals surface area (Å²) in [4.78, 5) is 24.9.